The molecule has 3 rings (SSSR count). The topological polar surface area (TPSA) is 59.2 Å². The van der Waals surface area contributed by atoms with E-state index in [1.54, 1.807) is 12.1 Å². The molecule has 0 saturated carbocycles. The molecule has 1 N–H and O–H groups in total. The number of hydrogen-bond acceptors (Lipinski definition) is 6. The van der Waals surface area contributed by atoms with Gasteiger partial charge < -0.3 is 9.63 Å². The number of aromatic nitrogens is 2. The highest BCUT2D eigenvalue weighted by atomic mass is 32.2. The van der Waals surface area contributed by atoms with Crippen molar-refractivity contribution in [2.75, 3.05) is 11.5 Å². The van der Waals surface area contributed by atoms with Gasteiger partial charge in [-0.3, -0.25) is 0 Å². The van der Waals surface area contributed by atoms with E-state index in [1.165, 1.54) is 5.75 Å². The van der Waals surface area contributed by atoms with Gasteiger partial charge in [-0.1, -0.05) is 12.1 Å². The Morgan fingerprint density at radius 3 is 2.85 bits per heavy atom. The minimum Gasteiger partial charge on any atom is -0.508 e. The summed E-state index contributed by atoms with van der Waals surface area (Å²) in [5.74, 6) is 3.86. The van der Waals surface area contributed by atoms with Crippen molar-refractivity contribution >= 4 is 23.5 Å². The van der Waals surface area contributed by atoms with Crippen LogP contribution in [0.25, 0.3) is 11.5 Å². The minimum atomic E-state index is 0.249. The summed E-state index contributed by atoms with van der Waals surface area (Å²) in [6.45, 7) is 4.14. The van der Waals surface area contributed by atoms with E-state index in [0.717, 1.165) is 22.7 Å². The number of phenols is 1. The van der Waals surface area contributed by atoms with Crippen LogP contribution in [0.5, 0.6) is 5.75 Å². The maximum absolute atomic E-state index is 9.46. The summed E-state index contributed by atoms with van der Waals surface area (Å²) < 4.78 is 5.41. The van der Waals surface area contributed by atoms with Gasteiger partial charge in [0.25, 0.3) is 5.89 Å². The number of hydrogen-bond donors (Lipinski definition) is 1. The maximum atomic E-state index is 9.46. The Bertz CT molecular complexity index is 615. The molecule has 1 aliphatic rings. The first kappa shape index (κ1) is 13.8. The zero-order valence-corrected chi connectivity index (χ0v) is 13.0. The van der Waals surface area contributed by atoms with Crippen molar-refractivity contribution in [3.05, 3.63) is 29.6 Å². The number of aryl methyl sites for hydroxylation is 1. The molecule has 0 radical (unpaired) electrons. The monoisotopic (exact) mass is 308 g/mol. The Labute approximate surface area is 126 Å². The van der Waals surface area contributed by atoms with Crippen LogP contribution >= 0.6 is 23.5 Å². The minimum absolute atomic E-state index is 0.249. The summed E-state index contributed by atoms with van der Waals surface area (Å²) >= 11 is 3.85. The molecule has 0 spiro atoms. The highest BCUT2D eigenvalue weighted by molar-refractivity contribution is 8.06. The average molecular weight is 308 g/mol. The van der Waals surface area contributed by atoms with E-state index < -0.39 is 0 Å². The second-order valence-electron chi connectivity index (χ2n) is 4.82. The van der Waals surface area contributed by atoms with Crippen LogP contribution in [0.15, 0.2) is 22.7 Å². The second-order valence-corrected chi connectivity index (χ2v) is 7.56. The van der Waals surface area contributed by atoms with Crippen LogP contribution in [-0.4, -0.2) is 32.0 Å². The molecule has 2 heterocycles. The van der Waals surface area contributed by atoms with Gasteiger partial charge in [0.2, 0.25) is 0 Å². The molecule has 0 bridgehead atoms. The van der Waals surface area contributed by atoms with Crippen molar-refractivity contribution in [1.29, 1.82) is 0 Å². The van der Waals surface area contributed by atoms with Crippen LogP contribution in [0.4, 0.5) is 0 Å². The van der Waals surface area contributed by atoms with Gasteiger partial charge in [-0.2, -0.15) is 16.7 Å². The van der Waals surface area contributed by atoms with E-state index in [0.29, 0.717) is 16.4 Å². The molecule has 1 aliphatic heterocycles. The molecule has 1 saturated heterocycles. The lowest BCUT2D eigenvalue weighted by atomic mass is 10.1. The molecule has 1 aromatic carbocycles. The summed E-state index contributed by atoms with van der Waals surface area (Å²) in [6.07, 6.45) is 0. The molecule has 0 amide bonds. The van der Waals surface area contributed by atoms with Crippen molar-refractivity contribution < 1.29 is 9.63 Å². The molecule has 2 unspecified atom stereocenters. The Kier molecular flexibility index (Phi) is 3.94. The predicted molar refractivity (Wildman–Crippen MR) is 83.3 cm³/mol. The molecule has 106 valence electrons. The summed E-state index contributed by atoms with van der Waals surface area (Å²) in [7, 11) is 0. The van der Waals surface area contributed by atoms with Crippen LogP contribution in [0.3, 0.4) is 0 Å². The lowest BCUT2D eigenvalue weighted by Crippen LogP contribution is -2.16. The third kappa shape index (κ3) is 2.67. The lowest BCUT2D eigenvalue weighted by molar-refractivity contribution is 0.421. The van der Waals surface area contributed by atoms with Crippen LogP contribution in [-0.2, 0) is 0 Å². The highest BCUT2D eigenvalue weighted by Gasteiger charge is 2.28. The molecule has 1 aromatic heterocycles. The molecule has 0 aliphatic carbocycles. The fourth-order valence-corrected chi connectivity index (χ4v) is 4.94. The van der Waals surface area contributed by atoms with Crippen molar-refractivity contribution in [3.63, 3.8) is 0 Å². The van der Waals surface area contributed by atoms with Gasteiger partial charge in [0.1, 0.15) is 5.75 Å². The quantitative estimate of drug-likeness (QED) is 0.913. The number of phenolic OH excluding ortho intramolecular Hbond substituents is 1. The number of benzene rings is 1. The number of rotatable bonds is 2. The smallest absolute Gasteiger partial charge is 0.258 e. The van der Waals surface area contributed by atoms with E-state index in [9.17, 15) is 5.11 Å². The van der Waals surface area contributed by atoms with Gasteiger partial charge in [0.15, 0.2) is 5.82 Å². The Hall–Kier alpha value is -1.14. The van der Waals surface area contributed by atoms with E-state index in [-0.39, 0.29) is 5.75 Å². The van der Waals surface area contributed by atoms with Crippen LogP contribution in [0, 0.1) is 6.92 Å². The highest BCUT2D eigenvalue weighted by Crippen LogP contribution is 2.41. The van der Waals surface area contributed by atoms with Gasteiger partial charge in [-0.25, -0.2) is 0 Å². The summed E-state index contributed by atoms with van der Waals surface area (Å²) in [5, 5.41) is 14.4. The van der Waals surface area contributed by atoms with Gasteiger partial charge in [-0.05, 0) is 30.7 Å². The van der Waals surface area contributed by atoms with Gasteiger partial charge >= 0.3 is 0 Å². The third-order valence-electron chi connectivity index (χ3n) is 3.32. The maximum Gasteiger partial charge on any atom is 0.258 e. The first-order chi connectivity index (χ1) is 9.65. The summed E-state index contributed by atoms with van der Waals surface area (Å²) in [4.78, 5) is 4.55. The Morgan fingerprint density at radius 2 is 2.10 bits per heavy atom. The van der Waals surface area contributed by atoms with E-state index in [2.05, 4.69) is 17.1 Å². The lowest BCUT2D eigenvalue weighted by Gasteiger charge is -2.24. The summed E-state index contributed by atoms with van der Waals surface area (Å²) in [6, 6.07) is 5.15. The molecular weight excluding hydrogens is 292 g/mol. The van der Waals surface area contributed by atoms with E-state index in [4.69, 9.17) is 4.52 Å². The van der Waals surface area contributed by atoms with Crippen LogP contribution in [0.1, 0.15) is 23.6 Å². The molecule has 20 heavy (non-hydrogen) atoms. The number of thioether (sulfide) groups is 2. The fraction of sp³-hybridized carbons (Fsp3) is 0.429. The van der Waals surface area contributed by atoms with Crippen molar-refractivity contribution in [1.82, 2.24) is 10.1 Å². The fourth-order valence-electron chi connectivity index (χ4n) is 2.26. The van der Waals surface area contributed by atoms with Crippen molar-refractivity contribution in [3.8, 4) is 17.2 Å². The zero-order chi connectivity index (χ0) is 14.1. The largest absolute Gasteiger partial charge is 0.508 e. The third-order valence-corrected chi connectivity index (χ3v) is 6.41. The van der Waals surface area contributed by atoms with Gasteiger partial charge in [0.05, 0.1) is 5.25 Å². The van der Waals surface area contributed by atoms with Gasteiger partial charge in [-0.15, -0.1) is 11.8 Å². The van der Waals surface area contributed by atoms with Crippen LogP contribution < -0.4 is 0 Å². The van der Waals surface area contributed by atoms with Gasteiger partial charge in [0, 0.05) is 22.3 Å². The Balaban J connectivity index is 1.89. The number of aromatic hydroxyl groups is 1. The molecular formula is C14H16N2O2S2. The van der Waals surface area contributed by atoms with E-state index >= 15 is 0 Å². The number of nitrogens with zero attached hydrogens (tertiary/aromatic N) is 2. The van der Waals surface area contributed by atoms with Crippen molar-refractivity contribution in [2.45, 2.75) is 24.3 Å². The standard InChI is InChI=1S/C14H16N2O2S2/c1-8-7-10(17)3-4-11(8)14-15-13(16-18-14)12-9(2)19-5-6-20-12/h3-4,7,9,12,17H,5-6H2,1-2H3. The first-order valence-corrected chi connectivity index (χ1v) is 8.61. The molecule has 2 aromatic rings. The van der Waals surface area contributed by atoms with Crippen LogP contribution in [0.2, 0.25) is 0 Å². The summed E-state index contributed by atoms with van der Waals surface area (Å²) in [5.41, 5.74) is 1.81. The second kappa shape index (κ2) is 5.69. The van der Waals surface area contributed by atoms with Crippen molar-refractivity contribution in [2.24, 2.45) is 0 Å². The predicted octanol–water partition coefficient (Wildman–Crippen LogP) is 3.66. The normalized spacial score (nSPS) is 22.9. The SMILES string of the molecule is Cc1cc(O)ccc1-c1nc(C2SCCSC2C)no1. The molecule has 2 atom stereocenters. The molecule has 4 nitrogen and oxygen atoms in total. The molecule has 6 heteroatoms. The first-order valence-electron chi connectivity index (χ1n) is 6.52. The van der Waals surface area contributed by atoms with E-state index in [1.807, 2.05) is 36.5 Å². The zero-order valence-electron chi connectivity index (χ0n) is 11.4. The molecule has 1 fully saturated rings. The Morgan fingerprint density at radius 1 is 1.30 bits per heavy atom. The average Bonchev–Trinajstić information content (AvgIpc) is 2.88.